The topological polar surface area (TPSA) is 66.4 Å². The molecule has 1 aromatic heterocycles. The number of thiophene rings is 1. The molecule has 1 aromatic rings. The maximum Gasteiger partial charge on any atom is 0.326 e. The second-order valence-corrected chi connectivity index (χ2v) is 6.29. The van der Waals surface area contributed by atoms with Crippen molar-refractivity contribution in [2.75, 3.05) is 0 Å². The number of hydrogen-bond donors (Lipinski definition) is 2. The molecule has 1 rings (SSSR count). The van der Waals surface area contributed by atoms with Crippen LogP contribution in [0.3, 0.4) is 0 Å². The molecule has 0 spiro atoms. The molecule has 0 fully saturated rings. The van der Waals surface area contributed by atoms with Crippen LogP contribution in [0.1, 0.15) is 29.9 Å². The second-order valence-electron chi connectivity index (χ2n) is 4.23. The minimum atomic E-state index is -1.05. The Labute approximate surface area is 119 Å². The number of carboxylic acids is 1. The van der Waals surface area contributed by atoms with Gasteiger partial charge in [-0.05, 0) is 18.4 Å². The highest BCUT2D eigenvalue weighted by atomic mass is 35.5. The molecule has 0 aliphatic carbocycles. The van der Waals surface area contributed by atoms with Crippen LogP contribution in [0.15, 0.2) is 6.07 Å². The van der Waals surface area contributed by atoms with Crippen LogP contribution in [0.5, 0.6) is 0 Å². The van der Waals surface area contributed by atoms with Crippen molar-refractivity contribution in [3.8, 4) is 0 Å². The first-order chi connectivity index (χ1) is 8.31. The van der Waals surface area contributed by atoms with E-state index >= 15 is 0 Å². The lowest BCUT2D eigenvalue weighted by atomic mass is 10.0. The Balaban J connectivity index is 2.75. The average molecular weight is 310 g/mol. The molecule has 0 saturated carbocycles. The maximum atomic E-state index is 11.8. The molecule has 0 radical (unpaired) electrons. The van der Waals surface area contributed by atoms with Crippen LogP contribution in [0.4, 0.5) is 0 Å². The molecule has 4 nitrogen and oxygen atoms in total. The highest BCUT2D eigenvalue weighted by molar-refractivity contribution is 7.18. The van der Waals surface area contributed by atoms with Crippen LogP contribution in [-0.4, -0.2) is 23.0 Å². The van der Waals surface area contributed by atoms with Crippen molar-refractivity contribution in [3.63, 3.8) is 0 Å². The van der Waals surface area contributed by atoms with Gasteiger partial charge in [0.1, 0.15) is 10.4 Å². The fourth-order valence-electron chi connectivity index (χ4n) is 1.38. The summed E-state index contributed by atoms with van der Waals surface area (Å²) < 4.78 is 0.317. The van der Waals surface area contributed by atoms with Gasteiger partial charge in [0, 0.05) is 0 Å². The highest BCUT2D eigenvalue weighted by Crippen LogP contribution is 2.31. The predicted octanol–water partition coefficient (Wildman–Crippen LogP) is 3.28. The first-order valence-electron chi connectivity index (χ1n) is 5.29. The molecule has 1 amide bonds. The normalized spacial score (nSPS) is 12.5. The SMILES string of the molecule is CC(C)CC(NC(=O)c1cc(Cl)c(Cl)s1)C(=O)O. The Bertz CT molecular complexity index is 440. The number of aliphatic carboxylic acids is 1. The van der Waals surface area contributed by atoms with E-state index in [-0.39, 0.29) is 5.92 Å². The standard InChI is InChI=1S/C11H13Cl2NO3S/c1-5(2)3-7(11(16)17)14-10(15)8-4-6(12)9(13)18-8/h4-5,7H,3H2,1-2H3,(H,14,15)(H,16,17). The van der Waals surface area contributed by atoms with E-state index in [1.807, 2.05) is 13.8 Å². The zero-order valence-corrected chi connectivity index (χ0v) is 12.2. The smallest absolute Gasteiger partial charge is 0.326 e. The van der Waals surface area contributed by atoms with Gasteiger partial charge in [0.25, 0.3) is 5.91 Å². The number of nitrogens with one attached hydrogen (secondary N) is 1. The van der Waals surface area contributed by atoms with Crippen LogP contribution < -0.4 is 5.32 Å². The molecule has 0 bridgehead atoms. The fourth-order valence-corrected chi connectivity index (χ4v) is 2.65. The third kappa shape index (κ3) is 4.15. The van der Waals surface area contributed by atoms with Gasteiger partial charge < -0.3 is 10.4 Å². The number of hydrogen-bond acceptors (Lipinski definition) is 3. The molecule has 0 aliphatic rings. The van der Waals surface area contributed by atoms with Gasteiger partial charge in [-0.3, -0.25) is 4.79 Å². The third-order valence-corrected chi connectivity index (χ3v) is 4.04. The first-order valence-corrected chi connectivity index (χ1v) is 6.87. The first kappa shape index (κ1) is 15.3. The van der Waals surface area contributed by atoms with Crippen LogP contribution >= 0.6 is 34.5 Å². The van der Waals surface area contributed by atoms with Gasteiger partial charge in [0.15, 0.2) is 0 Å². The monoisotopic (exact) mass is 309 g/mol. The van der Waals surface area contributed by atoms with Gasteiger partial charge in [-0.25, -0.2) is 4.79 Å². The molecule has 18 heavy (non-hydrogen) atoms. The number of carboxylic acid groups (broad SMARTS) is 1. The Morgan fingerprint density at radius 3 is 2.44 bits per heavy atom. The molecule has 0 aromatic carbocycles. The molecule has 2 N–H and O–H groups in total. The minimum absolute atomic E-state index is 0.168. The van der Waals surface area contributed by atoms with Gasteiger partial charge >= 0.3 is 5.97 Å². The van der Waals surface area contributed by atoms with E-state index in [9.17, 15) is 9.59 Å². The summed E-state index contributed by atoms with van der Waals surface area (Å²) in [6.45, 7) is 3.78. The zero-order valence-electron chi connectivity index (χ0n) is 9.87. The molecule has 0 saturated heterocycles. The fraction of sp³-hybridized carbons (Fsp3) is 0.455. The van der Waals surface area contributed by atoms with E-state index in [0.29, 0.717) is 20.7 Å². The number of halogens is 2. The van der Waals surface area contributed by atoms with Gasteiger partial charge in [0.05, 0.1) is 9.90 Å². The van der Waals surface area contributed by atoms with E-state index in [4.69, 9.17) is 28.3 Å². The van der Waals surface area contributed by atoms with Crippen molar-refractivity contribution in [1.82, 2.24) is 5.32 Å². The molecule has 7 heteroatoms. The zero-order chi connectivity index (χ0) is 13.9. The van der Waals surface area contributed by atoms with E-state index in [0.717, 1.165) is 11.3 Å². The van der Waals surface area contributed by atoms with Crippen molar-refractivity contribution in [2.24, 2.45) is 5.92 Å². The maximum absolute atomic E-state index is 11.8. The summed E-state index contributed by atoms with van der Waals surface area (Å²) in [4.78, 5) is 23.1. The molecule has 1 atom stereocenters. The number of carbonyl (C=O) groups is 2. The van der Waals surface area contributed by atoms with Crippen molar-refractivity contribution in [1.29, 1.82) is 0 Å². The Kier molecular flexibility index (Phi) is 5.44. The summed E-state index contributed by atoms with van der Waals surface area (Å²) in [5.74, 6) is -1.35. The lowest BCUT2D eigenvalue weighted by molar-refractivity contribution is -0.139. The minimum Gasteiger partial charge on any atom is -0.480 e. The number of rotatable bonds is 5. The molecular weight excluding hydrogens is 297 g/mol. The summed E-state index contributed by atoms with van der Waals surface area (Å²) in [5, 5.41) is 11.8. The largest absolute Gasteiger partial charge is 0.480 e. The van der Waals surface area contributed by atoms with Crippen molar-refractivity contribution < 1.29 is 14.7 Å². The molecule has 100 valence electrons. The molecule has 0 aliphatic heterocycles. The molecular formula is C11H13Cl2NO3S. The number of carbonyl (C=O) groups excluding carboxylic acids is 1. The summed E-state index contributed by atoms with van der Waals surface area (Å²) in [5.41, 5.74) is 0. The summed E-state index contributed by atoms with van der Waals surface area (Å²) in [7, 11) is 0. The van der Waals surface area contributed by atoms with Crippen LogP contribution in [-0.2, 0) is 4.79 Å². The predicted molar refractivity (Wildman–Crippen MR) is 72.7 cm³/mol. The van der Waals surface area contributed by atoms with Gasteiger partial charge in [0.2, 0.25) is 0 Å². The Morgan fingerprint density at radius 2 is 2.06 bits per heavy atom. The van der Waals surface area contributed by atoms with E-state index in [1.165, 1.54) is 6.07 Å². The molecule has 1 heterocycles. The third-order valence-electron chi connectivity index (χ3n) is 2.18. The lowest BCUT2D eigenvalue weighted by Crippen LogP contribution is -2.41. The Morgan fingerprint density at radius 1 is 1.44 bits per heavy atom. The van der Waals surface area contributed by atoms with Gasteiger partial charge in [-0.15, -0.1) is 11.3 Å². The summed E-state index contributed by atoms with van der Waals surface area (Å²) in [6.07, 6.45) is 0.369. The van der Waals surface area contributed by atoms with Gasteiger partial charge in [-0.2, -0.15) is 0 Å². The van der Waals surface area contributed by atoms with Crippen molar-refractivity contribution in [3.05, 3.63) is 20.3 Å². The quantitative estimate of drug-likeness (QED) is 0.877. The van der Waals surface area contributed by atoms with Gasteiger partial charge in [-0.1, -0.05) is 37.0 Å². The highest BCUT2D eigenvalue weighted by Gasteiger charge is 2.23. The van der Waals surface area contributed by atoms with E-state index in [2.05, 4.69) is 5.32 Å². The van der Waals surface area contributed by atoms with Crippen LogP contribution in [0.2, 0.25) is 9.36 Å². The average Bonchev–Trinajstić information content (AvgIpc) is 2.57. The van der Waals surface area contributed by atoms with Crippen LogP contribution in [0, 0.1) is 5.92 Å². The molecule has 1 unspecified atom stereocenters. The van der Waals surface area contributed by atoms with E-state index < -0.39 is 17.9 Å². The van der Waals surface area contributed by atoms with Crippen molar-refractivity contribution >= 4 is 46.4 Å². The van der Waals surface area contributed by atoms with E-state index in [1.54, 1.807) is 0 Å². The number of amides is 1. The summed E-state index contributed by atoms with van der Waals surface area (Å²) >= 11 is 12.5. The Hall–Kier alpha value is -0.780. The summed E-state index contributed by atoms with van der Waals surface area (Å²) in [6, 6.07) is 0.523. The van der Waals surface area contributed by atoms with Crippen LogP contribution in [0.25, 0.3) is 0 Å². The lowest BCUT2D eigenvalue weighted by Gasteiger charge is -2.15. The second kappa shape index (κ2) is 6.41. The van der Waals surface area contributed by atoms with Crippen molar-refractivity contribution in [2.45, 2.75) is 26.3 Å².